The molecule has 1 aliphatic carbocycles. The molecule has 2 aliphatic rings. The highest BCUT2D eigenvalue weighted by molar-refractivity contribution is 5.19. The van der Waals surface area contributed by atoms with Crippen LogP contribution in [-0.4, -0.2) is 26.4 Å². The van der Waals surface area contributed by atoms with E-state index in [2.05, 4.69) is 14.9 Å². The molecule has 2 aromatic rings. The molecule has 1 atom stereocenters. The van der Waals surface area contributed by atoms with E-state index in [0.29, 0.717) is 6.04 Å². The number of fused-ring (bicyclic) bond motifs is 1. The monoisotopic (exact) mass is 286 g/mol. The summed E-state index contributed by atoms with van der Waals surface area (Å²) in [7, 11) is 0. The summed E-state index contributed by atoms with van der Waals surface area (Å²) in [6, 6.07) is 0.391. The van der Waals surface area contributed by atoms with Crippen LogP contribution in [0.4, 0.5) is 0 Å². The Morgan fingerprint density at radius 1 is 1.33 bits per heavy atom. The SMILES string of the molecule is Cc1cnc(CN2CCC[C@@H]2c2nc3c([nH]2)CCCC3)o1. The second kappa shape index (κ2) is 5.30. The van der Waals surface area contributed by atoms with Crippen LogP contribution in [0.15, 0.2) is 10.6 Å². The van der Waals surface area contributed by atoms with E-state index in [-0.39, 0.29) is 0 Å². The lowest BCUT2D eigenvalue weighted by Crippen LogP contribution is -2.23. The van der Waals surface area contributed by atoms with Gasteiger partial charge in [0.1, 0.15) is 11.6 Å². The predicted molar refractivity (Wildman–Crippen MR) is 78.9 cm³/mol. The molecule has 0 spiro atoms. The zero-order valence-corrected chi connectivity index (χ0v) is 12.6. The molecule has 0 amide bonds. The van der Waals surface area contributed by atoms with Gasteiger partial charge in [-0.2, -0.15) is 0 Å². The van der Waals surface area contributed by atoms with E-state index in [1.54, 1.807) is 6.20 Å². The van der Waals surface area contributed by atoms with Crippen molar-refractivity contribution >= 4 is 0 Å². The van der Waals surface area contributed by atoms with E-state index in [1.165, 1.54) is 37.1 Å². The number of nitrogens with zero attached hydrogens (tertiary/aromatic N) is 3. The number of hydrogen-bond acceptors (Lipinski definition) is 4. The minimum atomic E-state index is 0.391. The molecular weight excluding hydrogens is 264 g/mol. The Labute approximate surface area is 124 Å². The molecule has 0 radical (unpaired) electrons. The Morgan fingerprint density at radius 2 is 2.24 bits per heavy atom. The molecule has 1 saturated heterocycles. The second-order valence-electron chi connectivity index (χ2n) is 6.25. The number of aryl methyl sites for hydroxylation is 3. The first-order valence-corrected chi connectivity index (χ1v) is 8.02. The number of nitrogens with one attached hydrogen (secondary N) is 1. The van der Waals surface area contributed by atoms with Gasteiger partial charge in [0.15, 0.2) is 0 Å². The van der Waals surface area contributed by atoms with Crippen LogP contribution in [0, 0.1) is 6.92 Å². The van der Waals surface area contributed by atoms with Gasteiger partial charge in [0.25, 0.3) is 0 Å². The van der Waals surface area contributed by atoms with Gasteiger partial charge in [0.05, 0.1) is 24.5 Å². The summed E-state index contributed by atoms with van der Waals surface area (Å²) >= 11 is 0. The van der Waals surface area contributed by atoms with Gasteiger partial charge in [-0.05, 0) is 52.0 Å². The number of likely N-dealkylation sites (tertiary alicyclic amines) is 1. The van der Waals surface area contributed by atoms with Gasteiger partial charge >= 0.3 is 0 Å². The van der Waals surface area contributed by atoms with Crippen LogP contribution in [0.3, 0.4) is 0 Å². The summed E-state index contributed by atoms with van der Waals surface area (Å²) in [4.78, 5) is 15.2. The lowest BCUT2D eigenvalue weighted by molar-refractivity contribution is 0.215. The van der Waals surface area contributed by atoms with Crippen molar-refractivity contribution in [3.8, 4) is 0 Å². The molecule has 1 aliphatic heterocycles. The highest BCUT2D eigenvalue weighted by Gasteiger charge is 2.30. The van der Waals surface area contributed by atoms with Gasteiger partial charge in [0.2, 0.25) is 5.89 Å². The Kier molecular flexibility index (Phi) is 3.30. The van der Waals surface area contributed by atoms with Crippen molar-refractivity contribution in [2.45, 2.75) is 58.0 Å². The fourth-order valence-electron chi connectivity index (χ4n) is 3.61. The smallest absolute Gasteiger partial charge is 0.208 e. The minimum absolute atomic E-state index is 0.391. The van der Waals surface area contributed by atoms with Crippen LogP contribution in [0.2, 0.25) is 0 Å². The molecule has 5 nitrogen and oxygen atoms in total. The van der Waals surface area contributed by atoms with Crippen LogP contribution in [0.5, 0.6) is 0 Å². The standard InChI is InChI=1S/C16H22N4O/c1-11-9-17-15(21-11)10-20-8-4-7-14(20)16-18-12-5-2-3-6-13(12)19-16/h9,14H,2-8,10H2,1H3,(H,18,19)/t14-/m1/s1. The van der Waals surface area contributed by atoms with Gasteiger partial charge in [-0.25, -0.2) is 9.97 Å². The Bertz CT molecular complexity index is 607. The summed E-state index contributed by atoms with van der Waals surface area (Å²) in [5.41, 5.74) is 2.67. The average Bonchev–Trinajstić information content (AvgIpc) is 3.18. The fourth-order valence-corrected chi connectivity index (χ4v) is 3.61. The number of aromatic amines is 1. The van der Waals surface area contributed by atoms with Crippen molar-refractivity contribution in [2.75, 3.05) is 6.54 Å². The van der Waals surface area contributed by atoms with E-state index >= 15 is 0 Å². The molecule has 0 aromatic carbocycles. The predicted octanol–water partition coefficient (Wildman–Crippen LogP) is 2.92. The van der Waals surface area contributed by atoms with Crippen LogP contribution in [-0.2, 0) is 19.4 Å². The van der Waals surface area contributed by atoms with Gasteiger partial charge < -0.3 is 9.40 Å². The van der Waals surface area contributed by atoms with Crippen molar-refractivity contribution in [2.24, 2.45) is 0 Å². The highest BCUT2D eigenvalue weighted by Crippen LogP contribution is 2.33. The number of imidazole rings is 1. The fraction of sp³-hybridized carbons (Fsp3) is 0.625. The first-order valence-electron chi connectivity index (χ1n) is 8.02. The first-order chi connectivity index (χ1) is 10.3. The molecule has 4 rings (SSSR count). The summed E-state index contributed by atoms with van der Waals surface area (Å²) in [6.07, 6.45) is 9.05. The third-order valence-corrected chi connectivity index (χ3v) is 4.66. The molecule has 21 heavy (non-hydrogen) atoms. The summed E-state index contributed by atoms with van der Waals surface area (Å²) in [5.74, 6) is 2.85. The van der Waals surface area contributed by atoms with E-state index in [9.17, 15) is 0 Å². The van der Waals surface area contributed by atoms with Crippen molar-refractivity contribution in [1.82, 2.24) is 19.9 Å². The second-order valence-corrected chi connectivity index (χ2v) is 6.25. The van der Waals surface area contributed by atoms with E-state index in [4.69, 9.17) is 9.40 Å². The molecule has 0 bridgehead atoms. The lowest BCUT2D eigenvalue weighted by atomic mass is 10.0. The molecular formula is C16H22N4O. The molecule has 2 aromatic heterocycles. The van der Waals surface area contributed by atoms with Crippen molar-refractivity contribution in [1.29, 1.82) is 0 Å². The maximum atomic E-state index is 5.63. The van der Waals surface area contributed by atoms with Crippen LogP contribution >= 0.6 is 0 Å². The average molecular weight is 286 g/mol. The number of oxazole rings is 1. The normalized spacial score (nSPS) is 22.6. The molecule has 112 valence electrons. The maximum Gasteiger partial charge on any atom is 0.208 e. The minimum Gasteiger partial charge on any atom is -0.445 e. The Balaban J connectivity index is 1.54. The number of H-pyrrole nitrogens is 1. The topological polar surface area (TPSA) is 58.0 Å². The lowest BCUT2D eigenvalue weighted by Gasteiger charge is -2.21. The number of hydrogen-bond donors (Lipinski definition) is 1. The van der Waals surface area contributed by atoms with Crippen molar-refractivity contribution < 1.29 is 4.42 Å². The molecule has 1 fully saturated rings. The van der Waals surface area contributed by atoms with Crippen molar-refractivity contribution in [3.05, 3.63) is 35.1 Å². The number of aromatic nitrogens is 3. The van der Waals surface area contributed by atoms with Crippen LogP contribution < -0.4 is 0 Å². The molecule has 0 unspecified atom stereocenters. The zero-order chi connectivity index (χ0) is 14.2. The summed E-state index contributed by atoms with van der Waals surface area (Å²) in [6.45, 7) is 3.82. The van der Waals surface area contributed by atoms with Gasteiger partial charge in [0, 0.05) is 5.69 Å². The Morgan fingerprint density at radius 3 is 3.05 bits per heavy atom. The van der Waals surface area contributed by atoms with Gasteiger partial charge in [-0.15, -0.1) is 0 Å². The maximum absolute atomic E-state index is 5.63. The zero-order valence-electron chi connectivity index (χ0n) is 12.6. The molecule has 0 saturated carbocycles. The third kappa shape index (κ3) is 2.50. The Hall–Kier alpha value is -1.62. The molecule has 1 N–H and O–H groups in total. The number of rotatable bonds is 3. The van der Waals surface area contributed by atoms with Gasteiger partial charge in [-0.1, -0.05) is 0 Å². The van der Waals surface area contributed by atoms with Crippen molar-refractivity contribution in [3.63, 3.8) is 0 Å². The van der Waals surface area contributed by atoms with E-state index < -0.39 is 0 Å². The third-order valence-electron chi connectivity index (χ3n) is 4.66. The summed E-state index contributed by atoms with van der Waals surface area (Å²) in [5, 5.41) is 0. The molecule has 3 heterocycles. The van der Waals surface area contributed by atoms with Gasteiger partial charge in [-0.3, -0.25) is 4.90 Å². The van der Waals surface area contributed by atoms with Crippen LogP contribution in [0.25, 0.3) is 0 Å². The van der Waals surface area contributed by atoms with E-state index in [1.807, 2.05) is 6.92 Å². The summed E-state index contributed by atoms with van der Waals surface area (Å²) < 4.78 is 5.63. The quantitative estimate of drug-likeness (QED) is 0.942. The van der Waals surface area contributed by atoms with Crippen LogP contribution in [0.1, 0.15) is 60.6 Å². The molecule has 5 heteroatoms. The largest absolute Gasteiger partial charge is 0.445 e. The highest BCUT2D eigenvalue weighted by atomic mass is 16.4. The van der Waals surface area contributed by atoms with E-state index in [0.717, 1.165) is 43.4 Å². The first kappa shape index (κ1) is 13.1.